The first-order chi connectivity index (χ1) is 12.7. The van der Waals surface area contributed by atoms with E-state index < -0.39 is 8.32 Å². The molecule has 0 bridgehead atoms. The maximum Gasteiger partial charge on any atom is 0.308 e. The van der Waals surface area contributed by atoms with Crippen molar-refractivity contribution in [2.45, 2.75) is 65.3 Å². The molecule has 5 nitrogen and oxygen atoms in total. The monoisotopic (exact) mass is 386 g/mol. The minimum Gasteiger partial charge on any atom is -0.427 e. The van der Waals surface area contributed by atoms with Crippen molar-refractivity contribution >= 4 is 14.3 Å². The van der Waals surface area contributed by atoms with Crippen LogP contribution >= 0.6 is 0 Å². The van der Waals surface area contributed by atoms with Gasteiger partial charge < -0.3 is 9.16 Å². The van der Waals surface area contributed by atoms with Crippen LogP contribution in [0.1, 0.15) is 38.7 Å². The van der Waals surface area contributed by atoms with Gasteiger partial charge in [-0.3, -0.25) is 4.79 Å². The average molecular weight is 387 g/mol. The van der Waals surface area contributed by atoms with Crippen LogP contribution in [0.3, 0.4) is 0 Å². The summed E-state index contributed by atoms with van der Waals surface area (Å²) in [6, 6.07) is 7.20. The number of esters is 1. The highest BCUT2D eigenvalue weighted by molar-refractivity contribution is 6.69. The van der Waals surface area contributed by atoms with Gasteiger partial charge in [0.2, 0.25) is 0 Å². The standard InChI is InChI=1S/C21H30N2O3Si/c1-16(26-27(3,4)5)8-6-7-9-18-14-22-21(23-15-18)19-10-12-20(13-11-19)25-17(2)24/h10-16H,6-9H2,1-5H3. The Morgan fingerprint density at radius 2 is 1.70 bits per heavy atom. The highest BCUT2D eigenvalue weighted by Crippen LogP contribution is 2.20. The Morgan fingerprint density at radius 1 is 1.07 bits per heavy atom. The lowest BCUT2D eigenvalue weighted by molar-refractivity contribution is -0.131. The fraction of sp³-hybridized carbons (Fsp3) is 0.476. The van der Waals surface area contributed by atoms with Crippen molar-refractivity contribution < 1.29 is 14.0 Å². The van der Waals surface area contributed by atoms with Crippen LogP contribution in [0, 0.1) is 0 Å². The van der Waals surface area contributed by atoms with Gasteiger partial charge in [0, 0.05) is 31.0 Å². The van der Waals surface area contributed by atoms with Gasteiger partial charge in [0.25, 0.3) is 0 Å². The lowest BCUT2D eigenvalue weighted by Gasteiger charge is -2.23. The number of hydrogen-bond donors (Lipinski definition) is 0. The van der Waals surface area contributed by atoms with Crippen LogP contribution in [0.25, 0.3) is 11.4 Å². The van der Waals surface area contributed by atoms with Crippen LogP contribution < -0.4 is 4.74 Å². The topological polar surface area (TPSA) is 61.3 Å². The number of unbranched alkanes of at least 4 members (excludes halogenated alkanes) is 1. The van der Waals surface area contributed by atoms with Gasteiger partial charge in [-0.1, -0.05) is 6.42 Å². The molecule has 6 heteroatoms. The second-order valence-electron chi connectivity index (χ2n) is 7.82. The van der Waals surface area contributed by atoms with Gasteiger partial charge in [-0.2, -0.15) is 0 Å². The van der Waals surface area contributed by atoms with Crippen molar-refractivity contribution in [1.29, 1.82) is 0 Å². The van der Waals surface area contributed by atoms with Crippen LogP contribution in [-0.2, 0) is 15.6 Å². The Balaban J connectivity index is 1.80. The van der Waals surface area contributed by atoms with E-state index >= 15 is 0 Å². The van der Waals surface area contributed by atoms with Crippen molar-refractivity contribution in [2.75, 3.05) is 0 Å². The molecule has 0 saturated carbocycles. The van der Waals surface area contributed by atoms with E-state index in [4.69, 9.17) is 9.16 Å². The van der Waals surface area contributed by atoms with E-state index in [0.717, 1.165) is 36.8 Å². The third kappa shape index (κ3) is 8.01. The molecule has 1 heterocycles. The van der Waals surface area contributed by atoms with Crippen molar-refractivity contribution in [3.8, 4) is 17.1 Å². The van der Waals surface area contributed by atoms with E-state index in [0.29, 0.717) is 17.7 Å². The number of aryl methyl sites for hydroxylation is 1. The molecular weight excluding hydrogens is 356 g/mol. The highest BCUT2D eigenvalue weighted by Gasteiger charge is 2.17. The summed E-state index contributed by atoms with van der Waals surface area (Å²) < 4.78 is 11.1. The molecule has 0 aliphatic heterocycles. The predicted octanol–water partition coefficient (Wildman–Crippen LogP) is 5.02. The molecular formula is C21H30N2O3Si. The van der Waals surface area contributed by atoms with Gasteiger partial charge >= 0.3 is 5.97 Å². The number of aromatic nitrogens is 2. The molecule has 0 aliphatic rings. The van der Waals surface area contributed by atoms with Gasteiger partial charge in [0.05, 0.1) is 0 Å². The molecule has 0 radical (unpaired) electrons. The van der Waals surface area contributed by atoms with E-state index in [2.05, 4.69) is 36.5 Å². The summed E-state index contributed by atoms with van der Waals surface area (Å²) in [5, 5.41) is 0. The zero-order valence-corrected chi connectivity index (χ0v) is 18.0. The molecule has 0 fully saturated rings. The van der Waals surface area contributed by atoms with Crippen LogP contribution in [0.2, 0.25) is 19.6 Å². The molecule has 1 unspecified atom stereocenters. The molecule has 0 saturated heterocycles. The Kier molecular flexibility index (Phi) is 7.68. The molecule has 0 spiro atoms. The maximum atomic E-state index is 11.0. The Bertz CT molecular complexity index is 725. The summed E-state index contributed by atoms with van der Waals surface area (Å²) in [4.78, 5) is 19.9. The molecule has 1 atom stereocenters. The largest absolute Gasteiger partial charge is 0.427 e. The van der Waals surface area contributed by atoms with Crippen molar-refractivity contribution in [3.63, 3.8) is 0 Å². The van der Waals surface area contributed by atoms with E-state index in [9.17, 15) is 4.79 Å². The third-order valence-electron chi connectivity index (χ3n) is 3.96. The molecule has 0 amide bonds. The number of carbonyl (C=O) groups is 1. The normalized spacial score (nSPS) is 12.6. The smallest absolute Gasteiger partial charge is 0.308 e. The predicted molar refractivity (Wildman–Crippen MR) is 110 cm³/mol. The zero-order valence-electron chi connectivity index (χ0n) is 17.0. The average Bonchev–Trinajstić information content (AvgIpc) is 2.58. The first kappa shape index (κ1) is 21.2. The second-order valence-corrected chi connectivity index (χ2v) is 12.3. The summed E-state index contributed by atoms with van der Waals surface area (Å²) in [6.45, 7) is 10.2. The van der Waals surface area contributed by atoms with Gasteiger partial charge in [0.1, 0.15) is 5.75 Å². The second kappa shape index (κ2) is 9.76. The fourth-order valence-corrected chi connectivity index (χ4v) is 4.22. The van der Waals surface area contributed by atoms with Crippen LogP contribution in [0.15, 0.2) is 36.7 Å². The van der Waals surface area contributed by atoms with E-state index in [1.54, 1.807) is 12.1 Å². The van der Waals surface area contributed by atoms with Crippen molar-refractivity contribution in [1.82, 2.24) is 9.97 Å². The number of ether oxygens (including phenoxy) is 1. The molecule has 0 aliphatic carbocycles. The van der Waals surface area contributed by atoms with Crippen LogP contribution in [-0.4, -0.2) is 30.4 Å². The first-order valence-corrected chi connectivity index (χ1v) is 12.9. The third-order valence-corrected chi connectivity index (χ3v) is 5.07. The SMILES string of the molecule is CC(=O)Oc1ccc(-c2ncc(CCCCC(C)O[Si](C)(C)C)cn2)cc1. The van der Waals surface area contributed by atoms with Gasteiger partial charge in [-0.25, -0.2) is 9.97 Å². The molecule has 146 valence electrons. The quantitative estimate of drug-likeness (QED) is 0.262. The van der Waals surface area contributed by atoms with Crippen LogP contribution in [0.5, 0.6) is 5.75 Å². The Morgan fingerprint density at radius 3 is 2.26 bits per heavy atom. The molecule has 0 N–H and O–H groups in total. The molecule has 2 aromatic rings. The van der Waals surface area contributed by atoms with E-state index in [-0.39, 0.29) is 5.97 Å². The highest BCUT2D eigenvalue weighted by atomic mass is 28.4. The first-order valence-electron chi connectivity index (χ1n) is 9.50. The summed E-state index contributed by atoms with van der Waals surface area (Å²) in [7, 11) is -1.44. The summed E-state index contributed by atoms with van der Waals surface area (Å²) >= 11 is 0. The van der Waals surface area contributed by atoms with Crippen molar-refractivity contribution in [2.24, 2.45) is 0 Å². The number of hydrogen-bond acceptors (Lipinski definition) is 5. The summed E-state index contributed by atoms with van der Waals surface area (Å²) in [6.07, 6.45) is 8.45. The number of benzene rings is 1. The maximum absolute atomic E-state index is 11.0. The van der Waals surface area contributed by atoms with Gasteiger partial charge in [-0.05, 0) is 75.7 Å². The number of rotatable bonds is 9. The molecule has 1 aromatic heterocycles. The van der Waals surface area contributed by atoms with Crippen molar-refractivity contribution in [3.05, 3.63) is 42.2 Å². The fourth-order valence-electron chi connectivity index (χ4n) is 2.89. The lowest BCUT2D eigenvalue weighted by Crippen LogP contribution is -2.30. The summed E-state index contributed by atoms with van der Waals surface area (Å²) in [5.41, 5.74) is 2.05. The Hall–Kier alpha value is -2.05. The minimum absolute atomic E-state index is 0.329. The zero-order chi connectivity index (χ0) is 19.9. The minimum atomic E-state index is -1.44. The molecule has 27 heavy (non-hydrogen) atoms. The van der Waals surface area contributed by atoms with Gasteiger partial charge in [0.15, 0.2) is 14.1 Å². The van der Waals surface area contributed by atoms with E-state index in [1.807, 2.05) is 24.5 Å². The molecule has 2 rings (SSSR count). The van der Waals surface area contributed by atoms with Crippen LogP contribution in [0.4, 0.5) is 0 Å². The summed E-state index contributed by atoms with van der Waals surface area (Å²) in [5.74, 6) is 0.866. The van der Waals surface area contributed by atoms with Gasteiger partial charge in [-0.15, -0.1) is 0 Å². The molecule has 1 aromatic carbocycles. The van der Waals surface area contributed by atoms with E-state index in [1.165, 1.54) is 6.92 Å². The Labute approximate surface area is 163 Å². The number of carbonyl (C=O) groups excluding carboxylic acids is 1. The number of nitrogens with zero attached hydrogens (tertiary/aromatic N) is 2. The lowest BCUT2D eigenvalue weighted by atomic mass is 10.1.